The van der Waals surface area contributed by atoms with E-state index in [1.807, 2.05) is 6.07 Å². The quantitative estimate of drug-likeness (QED) is 0.836. The van der Waals surface area contributed by atoms with Gasteiger partial charge in [0.2, 0.25) is 0 Å². The second-order valence-electron chi connectivity index (χ2n) is 9.43. The second-order valence-corrected chi connectivity index (χ2v) is 9.43. The summed E-state index contributed by atoms with van der Waals surface area (Å²) in [5.74, 6) is 1.64. The zero-order valence-electron chi connectivity index (χ0n) is 17.2. The summed E-state index contributed by atoms with van der Waals surface area (Å²) in [4.78, 5) is 2.70. The monoisotopic (exact) mass is 360 g/mol. The lowest BCUT2D eigenvalue weighted by atomic mass is 9.78. The van der Waals surface area contributed by atoms with Gasteiger partial charge in [-0.25, -0.2) is 0 Å². The molecule has 4 heteroatoms. The van der Waals surface area contributed by atoms with Gasteiger partial charge in [0, 0.05) is 42.4 Å². The highest BCUT2D eigenvalue weighted by Gasteiger charge is 2.40. The fraction of sp³-hybridized carbons (Fsp3) is 0.727. The van der Waals surface area contributed by atoms with E-state index in [0.717, 1.165) is 32.1 Å². The number of piperidine rings is 1. The Kier molecular flexibility index (Phi) is 5.95. The molecule has 1 atom stereocenters. The van der Waals surface area contributed by atoms with Crippen molar-refractivity contribution >= 4 is 0 Å². The molecule has 2 saturated heterocycles. The molecule has 0 aromatic heterocycles. The minimum atomic E-state index is 0.150. The highest BCUT2D eigenvalue weighted by molar-refractivity contribution is 5.33. The van der Waals surface area contributed by atoms with E-state index in [2.05, 4.69) is 56.1 Å². The van der Waals surface area contributed by atoms with Crippen LogP contribution in [0.2, 0.25) is 0 Å². The van der Waals surface area contributed by atoms with Crippen LogP contribution in [0.3, 0.4) is 0 Å². The first kappa shape index (κ1) is 19.7. The standard InChI is InChI=1S/C22H36N2O2/c1-21(2)12-19(13-22(3,4)23-21)24(14-17-10-11-26-16-17)15-18-8-6-7-9-20(18)25-5/h6-9,17,19,23H,10-16H2,1-5H3/t17-/m0/s1. The van der Waals surface area contributed by atoms with Crippen LogP contribution in [-0.2, 0) is 11.3 Å². The number of rotatable bonds is 6. The Morgan fingerprint density at radius 1 is 1.15 bits per heavy atom. The topological polar surface area (TPSA) is 33.7 Å². The van der Waals surface area contributed by atoms with Gasteiger partial charge in [-0.3, -0.25) is 4.90 Å². The van der Waals surface area contributed by atoms with Gasteiger partial charge in [0.1, 0.15) is 5.75 Å². The molecule has 0 amide bonds. The minimum absolute atomic E-state index is 0.150. The second kappa shape index (κ2) is 7.87. The maximum absolute atomic E-state index is 5.66. The number of ether oxygens (including phenoxy) is 2. The van der Waals surface area contributed by atoms with Crippen LogP contribution in [0.4, 0.5) is 0 Å². The first-order valence-electron chi connectivity index (χ1n) is 10.0. The fourth-order valence-electron chi connectivity index (χ4n) is 4.98. The van der Waals surface area contributed by atoms with Crippen LogP contribution in [0.5, 0.6) is 5.75 Å². The van der Waals surface area contributed by atoms with Crippen LogP contribution in [0.25, 0.3) is 0 Å². The average molecular weight is 361 g/mol. The highest BCUT2D eigenvalue weighted by Crippen LogP contribution is 2.34. The minimum Gasteiger partial charge on any atom is -0.496 e. The average Bonchev–Trinajstić information content (AvgIpc) is 3.05. The van der Waals surface area contributed by atoms with Gasteiger partial charge in [0.15, 0.2) is 0 Å². The summed E-state index contributed by atoms with van der Waals surface area (Å²) < 4.78 is 11.3. The van der Waals surface area contributed by atoms with E-state index in [9.17, 15) is 0 Å². The normalized spacial score (nSPS) is 25.5. The Balaban J connectivity index is 1.82. The van der Waals surface area contributed by atoms with Crippen LogP contribution < -0.4 is 10.1 Å². The molecule has 0 aliphatic carbocycles. The molecule has 146 valence electrons. The third-order valence-electron chi connectivity index (χ3n) is 5.77. The molecule has 1 N–H and O–H groups in total. The molecule has 4 nitrogen and oxygen atoms in total. The molecule has 0 spiro atoms. The van der Waals surface area contributed by atoms with Gasteiger partial charge in [-0.05, 0) is 58.9 Å². The lowest BCUT2D eigenvalue weighted by molar-refractivity contribution is 0.0489. The van der Waals surface area contributed by atoms with Crippen LogP contribution in [0.1, 0.15) is 52.5 Å². The molecule has 2 heterocycles. The predicted molar refractivity (Wildman–Crippen MR) is 107 cm³/mol. The number of nitrogens with zero attached hydrogens (tertiary/aromatic N) is 1. The number of para-hydroxylation sites is 1. The molecular weight excluding hydrogens is 324 g/mol. The van der Waals surface area contributed by atoms with Gasteiger partial charge in [-0.1, -0.05) is 18.2 Å². The van der Waals surface area contributed by atoms with Crippen molar-refractivity contribution in [1.82, 2.24) is 10.2 Å². The molecule has 2 aliphatic heterocycles. The van der Waals surface area contributed by atoms with E-state index in [-0.39, 0.29) is 11.1 Å². The molecule has 2 aliphatic rings. The first-order valence-corrected chi connectivity index (χ1v) is 10.0. The third-order valence-corrected chi connectivity index (χ3v) is 5.77. The van der Waals surface area contributed by atoms with E-state index >= 15 is 0 Å². The summed E-state index contributed by atoms with van der Waals surface area (Å²) in [7, 11) is 1.77. The van der Waals surface area contributed by atoms with Crippen LogP contribution in [0, 0.1) is 5.92 Å². The molecule has 2 fully saturated rings. The molecule has 0 unspecified atom stereocenters. The number of nitrogens with one attached hydrogen (secondary N) is 1. The molecule has 0 radical (unpaired) electrons. The number of benzene rings is 1. The molecule has 3 rings (SSSR count). The van der Waals surface area contributed by atoms with Crippen molar-refractivity contribution in [2.24, 2.45) is 5.92 Å². The van der Waals surface area contributed by atoms with Gasteiger partial charge < -0.3 is 14.8 Å². The van der Waals surface area contributed by atoms with Crippen LogP contribution >= 0.6 is 0 Å². The summed E-state index contributed by atoms with van der Waals surface area (Å²) in [6.07, 6.45) is 3.51. The largest absolute Gasteiger partial charge is 0.496 e. The van der Waals surface area contributed by atoms with E-state index < -0.39 is 0 Å². The zero-order chi connectivity index (χ0) is 18.8. The van der Waals surface area contributed by atoms with E-state index in [0.29, 0.717) is 12.0 Å². The zero-order valence-corrected chi connectivity index (χ0v) is 17.2. The van der Waals surface area contributed by atoms with Crippen molar-refractivity contribution in [2.45, 2.75) is 70.6 Å². The Morgan fingerprint density at radius 2 is 1.85 bits per heavy atom. The van der Waals surface area contributed by atoms with Gasteiger partial charge in [-0.2, -0.15) is 0 Å². The number of hydrogen-bond donors (Lipinski definition) is 1. The fourth-order valence-corrected chi connectivity index (χ4v) is 4.98. The van der Waals surface area contributed by atoms with Crippen LogP contribution in [0.15, 0.2) is 24.3 Å². The summed E-state index contributed by atoms with van der Waals surface area (Å²) in [5.41, 5.74) is 1.58. The third kappa shape index (κ3) is 4.99. The van der Waals surface area contributed by atoms with Crippen molar-refractivity contribution in [3.05, 3.63) is 29.8 Å². The van der Waals surface area contributed by atoms with Crippen molar-refractivity contribution in [3.8, 4) is 5.75 Å². The van der Waals surface area contributed by atoms with E-state index in [1.165, 1.54) is 24.8 Å². The predicted octanol–water partition coefficient (Wildman–Crippen LogP) is 3.84. The molecule has 1 aromatic carbocycles. The van der Waals surface area contributed by atoms with Gasteiger partial charge in [-0.15, -0.1) is 0 Å². The summed E-state index contributed by atoms with van der Waals surface area (Å²) in [6.45, 7) is 13.2. The Labute approximate surface area is 159 Å². The van der Waals surface area contributed by atoms with Gasteiger partial charge in [0.05, 0.1) is 13.7 Å². The molecule has 0 bridgehead atoms. The van der Waals surface area contributed by atoms with E-state index in [4.69, 9.17) is 9.47 Å². The Morgan fingerprint density at radius 3 is 2.46 bits per heavy atom. The smallest absolute Gasteiger partial charge is 0.123 e. The van der Waals surface area contributed by atoms with Crippen molar-refractivity contribution in [3.63, 3.8) is 0 Å². The van der Waals surface area contributed by atoms with E-state index in [1.54, 1.807) is 7.11 Å². The molecule has 1 aromatic rings. The maximum Gasteiger partial charge on any atom is 0.123 e. The highest BCUT2D eigenvalue weighted by atomic mass is 16.5. The number of methoxy groups -OCH3 is 1. The number of hydrogen-bond acceptors (Lipinski definition) is 4. The maximum atomic E-state index is 5.66. The first-order chi connectivity index (χ1) is 12.3. The Hall–Kier alpha value is -1.10. The van der Waals surface area contributed by atoms with Crippen molar-refractivity contribution in [1.29, 1.82) is 0 Å². The summed E-state index contributed by atoms with van der Waals surface area (Å²) in [6, 6.07) is 9.00. The summed E-state index contributed by atoms with van der Waals surface area (Å²) >= 11 is 0. The SMILES string of the molecule is COc1ccccc1CN(C[C@@H]1CCOC1)C1CC(C)(C)NC(C)(C)C1. The lowest BCUT2D eigenvalue weighted by Crippen LogP contribution is -2.62. The Bertz CT molecular complexity index is 578. The lowest BCUT2D eigenvalue weighted by Gasteiger charge is -2.50. The molecule has 0 saturated carbocycles. The van der Waals surface area contributed by atoms with Crippen molar-refractivity contribution < 1.29 is 9.47 Å². The van der Waals surface area contributed by atoms with Gasteiger partial charge in [0.25, 0.3) is 0 Å². The van der Waals surface area contributed by atoms with Gasteiger partial charge >= 0.3 is 0 Å². The molecule has 26 heavy (non-hydrogen) atoms. The molecular formula is C22H36N2O2. The van der Waals surface area contributed by atoms with Crippen molar-refractivity contribution in [2.75, 3.05) is 26.9 Å². The van der Waals surface area contributed by atoms with Crippen LogP contribution in [-0.4, -0.2) is 48.9 Å². The summed E-state index contributed by atoms with van der Waals surface area (Å²) in [5, 5.41) is 3.82.